The second-order valence-corrected chi connectivity index (χ2v) is 6.14. The third-order valence-electron chi connectivity index (χ3n) is 4.45. The molecule has 0 aliphatic carbocycles. The molecule has 3 rings (SSSR count). The van der Waals surface area contributed by atoms with Gasteiger partial charge in [-0.15, -0.1) is 0 Å². The normalized spacial score (nSPS) is 21.2. The lowest BCUT2D eigenvalue weighted by molar-refractivity contribution is 0.0462. The summed E-state index contributed by atoms with van der Waals surface area (Å²) >= 11 is 0. The van der Waals surface area contributed by atoms with Crippen LogP contribution in [0.2, 0.25) is 0 Å². The van der Waals surface area contributed by atoms with Crippen molar-refractivity contribution in [1.82, 2.24) is 15.3 Å². The van der Waals surface area contributed by atoms with Crippen molar-refractivity contribution in [2.75, 3.05) is 69.8 Å². The fourth-order valence-electron chi connectivity index (χ4n) is 3.19. The van der Waals surface area contributed by atoms with E-state index in [1.165, 1.54) is 5.56 Å². The minimum Gasteiger partial charge on any atom is -0.383 e. The van der Waals surface area contributed by atoms with Gasteiger partial charge in [0.15, 0.2) is 0 Å². The molecule has 1 atom stereocenters. The number of hydrogen-bond acceptors (Lipinski definition) is 8. The monoisotopic (exact) mass is 336 g/mol. The molecular formula is C16H28N6O2. The smallest absolute Gasteiger partial charge is 0.224 e. The van der Waals surface area contributed by atoms with Crippen LogP contribution in [0.5, 0.6) is 0 Å². The second kappa shape index (κ2) is 8.57. The molecule has 0 spiro atoms. The van der Waals surface area contributed by atoms with E-state index in [9.17, 15) is 0 Å². The highest BCUT2D eigenvalue weighted by Crippen LogP contribution is 2.26. The first-order valence-electron chi connectivity index (χ1n) is 8.71. The first kappa shape index (κ1) is 17.3. The molecule has 2 aliphatic heterocycles. The Morgan fingerprint density at radius 1 is 1.38 bits per heavy atom. The van der Waals surface area contributed by atoms with Crippen LogP contribution in [-0.2, 0) is 22.3 Å². The molecule has 1 aromatic heterocycles. The van der Waals surface area contributed by atoms with Crippen LogP contribution in [0.15, 0.2) is 0 Å². The highest BCUT2D eigenvalue weighted by Gasteiger charge is 2.25. The summed E-state index contributed by atoms with van der Waals surface area (Å²) in [6.07, 6.45) is 1.94. The van der Waals surface area contributed by atoms with Gasteiger partial charge in [0.1, 0.15) is 5.82 Å². The van der Waals surface area contributed by atoms with Gasteiger partial charge in [-0.05, 0) is 13.0 Å². The summed E-state index contributed by atoms with van der Waals surface area (Å²) in [6, 6.07) is 0. The topological polar surface area (TPSA) is 97.6 Å². The summed E-state index contributed by atoms with van der Waals surface area (Å²) in [6.45, 7) is 6.08. The molecule has 1 fully saturated rings. The Kier molecular flexibility index (Phi) is 6.19. The van der Waals surface area contributed by atoms with Gasteiger partial charge in [0.05, 0.1) is 25.0 Å². The van der Waals surface area contributed by atoms with Gasteiger partial charge in [-0.3, -0.25) is 0 Å². The van der Waals surface area contributed by atoms with Gasteiger partial charge in [0.2, 0.25) is 5.95 Å². The lowest BCUT2D eigenvalue weighted by Crippen LogP contribution is -2.46. The first-order chi connectivity index (χ1) is 11.8. The van der Waals surface area contributed by atoms with Crippen molar-refractivity contribution >= 4 is 11.8 Å². The SMILES string of the molecule is COCCNc1nc2c(c(N3CCO[C@H](CN)C3)n1)CCNCC2. The number of nitrogens with two attached hydrogens (primary N) is 1. The predicted octanol–water partition coefficient (Wildman–Crippen LogP) is -0.613. The molecule has 0 radical (unpaired) electrons. The number of fused-ring (bicyclic) bond motifs is 1. The van der Waals surface area contributed by atoms with E-state index in [1.54, 1.807) is 7.11 Å². The Balaban J connectivity index is 1.87. The molecule has 0 amide bonds. The number of hydrogen-bond donors (Lipinski definition) is 3. The van der Waals surface area contributed by atoms with E-state index in [4.69, 9.17) is 25.2 Å². The Morgan fingerprint density at radius 3 is 3.08 bits per heavy atom. The van der Waals surface area contributed by atoms with E-state index in [2.05, 4.69) is 15.5 Å². The van der Waals surface area contributed by atoms with Gasteiger partial charge in [-0.25, -0.2) is 4.98 Å². The molecular weight excluding hydrogens is 308 g/mol. The highest BCUT2D eigenvalue weighted by atomic mass is 16.5. The number of anilines is 2. The highest BCUT2D eigenvalue weighted by molar-refractivity contribution is 5.54. The number of rotatable bonds is 6. The van der Waals surface area contributed by atoms with E-state index in [1.807, 2.05) is 0 Å². The van der Waals surface area contributed by atoms with Gasteiger partial charge >= 0.3 is 0 Å². The van der Waals surface area contributed by atoms with Crippen LogP contribution in [-0.4, -0.2) is 75.7 Å². The minimum absolute atomic E-state index is 0.0677. The van der Waals surface area contributed by atoms with Crippen molar-refractivity contribution < 1.29 is 9.47 Å². The fourth-order valence-corrected chi connectivity index (χ4v) is 3.19. The van der Waals surface area contributed by atoms with Crippen molar-refractivity contribution in [3.63, 3.8) is 0 Å². The summed E-state index contributed by atoms with van der Waals surface area (Å²) in [7, 11) is 1.69. The number of methoxy groups -OCH3 is 1. The van der Waals surface area contributed by atoms with Crippen LogP contribution in [0.1, 0.15) is 11.3 Å². The molecule has 0 unspecified atom stereocenters. The fraction of sp³-hybridized carbons (Fsp3) is 0.750. The van der Waals surface area contributed by atoms with Crippen LogP contribution in [0.4, 0.5) is 11.8 Å². The second-order valence-electron chi connectivity index (χ2n) is 6.14. The molecule has 3 heterocycles. The summed E-state index contributed by atoms with van der Waals surface area (Å²) in [5.41, 5.74) is 8.20. The van der Waals surface area contributed by atoms with Crippen molar-refractivity contribution in [2.45, 2.75) is 18.9 Å². The first-order valence-corrected chi connectivity index (χ1v) is 8.71. The maximum atomic E-state index is 5.80. The van der Waals surface area contributed by atoms with Gasteiger partial charge in [-0.2, -0.15) is 4.98 Å². The van der Waals surface area contributed by atoms with Gasteiger partial charge in [-0.1, -0.05) is 0 Å². The molecule has 134 valence electrons. The number of ether oxygens (including phenoxy) is 2. The van der Waals surface area contributed by atoms with E-state index >= 15 is 0 Å². The Bertz CT molecular complexity index is 542. The summed E-state index contributed by atoms with van der Waals surface area (Å²) in [5, 5.41) is 6.72. The maximum absolute atomic E-state index is 5.80. The number of nitrogens with zero attached hydrogens (tertiary/aromatic N) is 3. The average molecular weight is 336 g/mol. The standard InChI is InChI=1S/C16H28N6O2/c1-23-8-6-19-16-20-14-3-5-18-4-2-13(14)15(21-16)22-7-9-24-12(10-17)11-22/h12,18H,2-11,17H2,1H3,(H,19,20,21)/t12-/m1/s1. The third-order valence-corrected chi connectivity index (χ3v) is 4.45. The van der Waals surface area contributed by atoms with Gasteiger partial charge in [0, 0.05) is 51.8 Å². The third kappa shape index (κ3) is 4.13. The van der Waals surface area contributed by atoms with Crippen molar-refractivity contribution in [3.8, 4) is 0 Å². The minimum atomic E-state index is 0.0677. The maximum Gasteiger partial charge on any atom is 0.224 e. The number of aromatic nitrogens is 2. The summed E-state index contributed by atoms with van der Waals surface area (Å²) in [4.78, 5) is 11.9. The molecule has 0 bridgehead atoms. The summed E-state index contributed by atoms with van der Waals surface area (Å²) < 4.78 is 10.8. The Labute approximate surface area is 143 Å². The van der Waals surface area contributed by atoms with E-state index in [0.717, 1.165) is 50.5 Å². The molecule has 8 nitrogen and oxygen atoms in total. The van der Waals surface area contributed by atoms with Crippen molar-refractivity contribution in [2.24, 2.45) is 5.73 Å². The lowest BCUT2D eigenvalue weighted by Gasteiger charge is -2.34. The molecule has 24 heavy (non-hydrogen) atoms. The molecule has 1 aromatic rings. The van der Waals surface area contributed by atoms with Gasteiger partial charge < -0.3 is 30.7 Å². The molecule has 4 N–H and O–H groups in total. The molecule has 2 aliphatic rings. The zero-order valence-corrected chi connectivity index (χ0v) is 14.4. The van der Waals surface area contributed by atoms with E-state index in [0.29, 0.717) is 32.3 Å². The average Bonchev–Trinajstić information content (AvgIpc) is 2.87. The predicted molar refractivity (Wildman–Crippen MR) is 93.7 cm³/mol. The van der Waals surface area contributed by atoms with Crippen molar-refractivity contribution in [1.29, 1.82) is 0 Å². The van der Waals surface area contributed by atoms with E-state index < -0.39 is 0 Å². The molecule has 0 saturated carbocycles. The number of morpholine rings is 1. The lowest BCUT2D eigenvalue weighted by atomic mass is 10.1. The van der Waals surface area contributed by atoms with E-state index in [-0.39, 0.29) is 6.10 Å². The van der Waals surface area contributed by atoms with Crippen LogP contribution in [0.25, 0.3) is 0 Å². The zero-order valence-electron chi connectivity index (χ0n) is 14.4. The molecule has 0 aromatic carbocycles. The Morgan fingerprint density at radius 2 is 2.25 bits per heavy atom. The van der Waals surface area contributed by atoms with Crippen LogP contribution < -0.4 is 21.3 Å². The number of nitrogens with one attached hydrogen (secondary N) is 2. The molecule has 1 saturated heterocycles. The quantitative estimate of drug-likeness (QED) is 0.592. The zero-order chi connectivity index (χ0) is 16.8. The van der Waals surface area contributed by atoms with Crippen LogP contribution in [0.3, 0.4) is 0 Å². The Hall–Kier alpha value is -1.48. The van der Waals surface area contributed by atoms with Gasteiger partial charge in [0.25, 0.3) is 0 Å². The van der Waals surface area contributed by atoms with Crippen molar-refractivity contribution in [3.05, 3.63) is 11.3 Å². The van der Waals surface area contributed by atoms with Crippen LogP contribution in [0, 0.1) is 0 Å². The molecule has 8 heteroatoms. The largest absolute Gasteiger partial charge is 0.383 e. The summed E-state index contributed by atoms with van der Waals surface area (Å²) in [5.74, 6) is 1.71. The van der Waals surface area contributed by atoms with Crippen LogP contribution >= 0.6 is 0 Å².